The largest absolute Gasteiger partial charge is 0.497 e. The molecule has 0 spiro atoms. The number of hydrogen-bond acceptors (Lipinski definition) is 6. The summed E-state index contributed by atoms with van der Waals surface area (Å²) in [5.41, 5.74) is 0.902. The molecule has 0 radical (unpaired) electrons. The molecule has 2 rings (SSSR count). The van der Waals surface area contributed by atoms with E-state index in [1.807, 2.05) is 12.1 Å². The zero-order valence-corrected chi connectivity index (χ0v) is 15.8. The Hall–Kier alpha value is -3.16. The molecule has 0 saturated carbocycles. The first-order valence-corrected chi connectivity index (χ1v) is 8.45. The van der Waals surface area contributed by atoms with Crippen LogP contribution in [0.3, 0.4) is 0 Å². The fraction of sp³-hybridized carbons (Fsp3) is 0.368. The molecule has 1 unspecified atom stereocenters. The Morgan fingerprint density at radius 3 is 2.33 bits per heavy atom. The molecule has 1 atom stereocenters. The van der Waals surface area contributed by atoms with Gasteiger partial charge in [-0.25, -0.2) is 9.48 Å². The van der Waals surface area contributed by atoms with E-state index < -0.39 is 23.5 Å². The first-order valence-electron chi connectivity index (χ1n) is 8.45. The molecule has 0 aliphatic carbocycles. The SMILES string of the molecule is COC(=O)C(NC(=O)Cn1nc(-c2ccc(OC)cc2)ccc1=O)C(C)C. The molecular formula is C19H23N3O5. The number of rotatable bonds is 7. The van der Waals surface area contributed by atoms with E-state index >= 15 is 0 Å². The lowest BCUT2D eigenvalue weighted by atomic mass is 10.0. The van der Waals surface area contributed by atoms with Crippen molar-refractivity contribution in [2.75, 3.05) is 14.2 Å². The lowest BCUT2D eigenvalue weighted by Gasteiger charge is -2.19. The van der Waals surface area contributed by atoms with Crippen LogP contribution in [-0.2, 0) is 20.9 Å². The Morgan fingerprint density at radius 2 is 1.78 bits per heavy atom. The summed E-state index contributed by atoms with van der Waals surface area (Å²) in [4.78, 5) is 36.1. The Morgan fingerprint density at radius 1 is 1.11 bits per heavy atom. The number of amides is 1. The van der Waals surface area contributed by atoms with Crippen LogP contribution in [-0.4, -0.2) is 41.9 Å². The van der Waals surface area contributed by atoms with Gasteiger partial charge in [0.05, 0.1) is 19.9 Å². The molecule has 2 aromatic rings. The highest BCUT2D eigenvalue weighted by molar-refractivity contribution is 5.84. The number of benzene rings is 1. The second-order valence-electron chi connectivity index (χ2n) is 6.26. The molecule has 1 aromatic heterocycles. The molecule has 0 aliphatic rings. The van der Waals surface area contributed by atoms with Crippen LogP contribution in [0.5, 0.6) is 5.75 Å². The number of ether oxygens (including phenoxy) is 2. The number of carbonyl (C=O) groups excluding carboxylic acids is 2. The van der Waals surface area contributed by atoms with Gasteiger partial charge in [0, 0.05) is 11.6 Å². The highest BCUT2D eigenvalue weighted by atomic mass is 16.5. The summed E-state index contributed by atoms with van der Waals surface area (Å²) in [6.45, 7) is 3.27. The van der Waals surface area contributed by atoms with E-state index in [9.17, 15) is 14.4 Å². The number of aromatic nitrogens is 2. The molecule has 27 heavy (non-hydrogen) atoms. The first-order chi connectivity index (χ1) is 12.8. The van der Waals surface area contributed by atoms with Crippen molar-refractivity contribution in [1.82, 2.24) is 15.1 Å². The summed E-state index contributed by atoms with van der Waals surface area (Å²) in [6, 6.07) is 9.32. The van der Waals surface area contributed by atoms with Gasteiger partial charge in [-0.3, -0.25) is 9.59 Å². The molecule has 0 bridgehead atoms. The predicted octanol–water partition coefficient (Wildman–Crippen LogP) is 1.23. The van der Waals surface area contributed by atoms with Crippen LogP contribution in [0.25, 0.3) is 11.3 Å². The molecule has 8 heteroatoms. The van der Waals surface area contributed by atoms with Gasteiger partial charge >= 0.3 is 5.97 Å². The van der Waals surface area contributed by atoms with Gasteiger partial charge in [0.15, 0.2) is 0 Å². The molecule has 0 aliphatic heterocycles. The average molecular weight is 373 g/mol. The fourth-order valence-electron chi connectivity index (χ4n) is 2.46. The van der Waals surface area contributed by atoms with Crippen LogP contribution in [0.15, 0.2) is 41.2 Å². The van der Waals surface area contributed by atoms with Crippen molar-refractivity contribution in [3.05, 3.63) is 46.8 Å². The van der Waals surface area contributed by atoms with Gasteiger partial charge in [-0.1, -0.05) is 13.8 Å². The highest BCUT2D eigenvalue weighted by Crippen LogP contribution is 2.19. The monoisotopic (exact) mass is 373 g/mol. The summed E-state index contributed by atoms with van der Waals surface area (Å²) in [5, 5.41) is 6.83. The predicted molar refractivity (Wildman–Crippen MR) is 99.3 cm³/mol. The van der Waals surface area contributed by atoms with Crippen LogP contribution in [0.2, 0.25) is 0 Å². The average Bonchev–Trinajstić information content (AvgIpc) is 2.67. The third-order valence-corrected chi connectivity index (χ3v) is 3.98. The standard InChI is InChI=1S/C19H23N3O5/c1-12(2)18(19(25)27-4)20-16(23)11-22-17(24)10-9-15(21-22)13-5-7-14(26-3)8-6-13/h5-10,12,18H,11H2,1-4H3,(H,20,23). The van der Waals surface area contributed by atoms with Gasteiger partial charge in [-0.15, -0.1) is 0 Å². The Balaban J connectivity index is 2.19. The van der Waals surface area contributed by atoms with Crippen LogP contribution in [0.1, 0.15) is 13.8 Å². The zero-order valence-electron chi connectivity index (χ0n) is 15.8. The lowest BCUT2D eigenvalue weighted by molar-refractivity contribution is -0.146. The number of methoxy groups -OCH3 is 2. The molecule has 8 nitrogen and oxygen atoms in total. The van der Waals surface area contributed by atoms with Gasteiger partial charge in [-0.2, -0.15) is 5.10 Å². The number of carbonyl (C=O) groups is 2. The number of nitrogens with one attached hydrogen (secondary N) is 1. The van der Waals surface area contributed by atoms with Crippen LogP contribution >= 0.6 is 0 Å². The summed E-state index contributed by atoms with van der Waals surface area (Å²) in [7, 11) is 2.83. The van der Waals surface area contributed by atoms with E-state index in [4.69, 9.17) is 9.47 Å². The fourth-order valence-corrected chi connectivity index (χ4v) is 2.46. The number of esters is 1. The van der Waals surface area contributed by atoms with Crippen molar-refractivity contribution in [3.8, 4) is 17.0 Å². The maximum absolute atomic E-state index is 12.3. The Bertz CT molecular complexity index is 858. The molecule has 0 fully saturated rings. The summed E-state index contributed by atoms with van der Waals surface area (Å²) < 4.78 is 10.9. The number of nitrogens with zero attached hydrogens (tertiary/aromatic N) is 2. The van der Waals surface area contributed by atoms with Crippen molar-refractivity contribution in [2.24, 2.45) is 5.92 Å². The van der Waals surface area contributed by atoms with E-state index in [0.29, 0.717) is 11.4 Å². The van der Waals surface area contributed by atoms with Crippen molar-refractivity contribution in [1.29, 1.82) is 0 Å². The zero-order chi connectivity index (χ0) is 20.0. The van der Waals surface area contributed by atoms with E-state index in [0.717, 1.165) is 10.2 Å². The summed E-state index contributed by atoms with van der Waals surface area (Å²) in [5.74, 6) is -0.489. The Labute approximate surface area is 157 Å². The highest BCUT2D eigenvalue weighted by Gasteiger charge is 2.25. The molecule has 1 amide bonds. The van der Waals surface area contributed by atoms with E-state index in [1.165, 1.54) is 13.2 Å². The quantitative estimate of drug-likeness (QED) is 0.733. The minimum absolute atomic E-state index is 0.156. The van der Waals surface area contributed by atoms with Crippen molar-refractivity contribution in [3.63, 3.8) is 0 Å². The van der Waals surface area contributed by atoms with Crippen molar-refractivity contribution >= 4 is 11.9 Å². The van der Waals surface area contributed by atoms with Crippen LogP contribution < -0.4 is 15.6 Å². The normalized spacial score (nSPS) is 11.7. The first kappa shape index (κ1) is 20.2. The van der Waals surface area contributed by atoms with Crippen LogP contribution in [0.4, 0.5) is 0 Å². The van der Waals surface area contributed by atoms with Gasteiger partial charge < -0.3 is 14.8 Å². The molecular weight excluding hydrogens is 350 g/mol. The second-order valence-corrected chi connectivity index (χ2v) is 6.26. The minimum atomic E-state index is -0.789. The van der Waals surface area contributed by atoms with Gasteiger partial charge in [0.1, 0.15) is 18.3 Å². The topological polar surface area (TPSA) is 99.5 Å². The van der Waals surface area contributed by atoms with Crippen LogP contribution in [0, 0.1) is 5.92 Å². The van der Waals surface area contributed by atoms with Gasteiger partial charge in [-0.05, 0) is 36.2 Å². The molecule has 1 N–H and O–H groups in total. The van der Waals surface area contributed by atoms with Gasteiger partial charge in [0.25, 0.3) is 5.56 Å². The lowest BCUT2D eigenvalue weighted by Crippen LogP contribution is -2.47. The summed E-state index contributed by atoms with van der Waals surface area (Å²) in [6.07, 6.45) is 0. The van der Waals surface area contributed by atoms with Crippen molar-refractivity contribution < 1.29 is 19.1 Å². The molecule has 0 saturated heterocycles. The second kappa shape index (κ2) is 8.98. The Kier molecular flexibility index (Phi) is 6.70. The molecule has 1 heterocycles. The van der Waals surface area contributed by atoms with Crippen molar-refractivity contribution in [2.45, 2.75) is 26.4 Å². The maximum atomic E-state index is 12.3. The molecule has 144 valence electrons. The van der Waals surface area contributed by atoms with E-state index in [2.05, 4.69) is 10.4 Å². The minimum Gasteiger partial charge on any atom is -0.497 e. The number of hydrogen-bond donors (Lipinski definition) is 1. The van der Waals surface area contributed by atoms with E-state index in [-0.39, 0.29) is 12.5 Å². The molecule has 1 aromatic carbocycles. The smallest absolute Gasteiger partial charge is 0.328 e. The third kappa shape index (κ3) is 5.16. The third-order valence-electron chi connectivity index (χ3n) is 3.98. The van der Waals surface area contributed by atoms with E-state index in [1.54, 1.807) is 39.2 Å². The van der Waals surface area contributed by atoms with Gasteiger partial charge in [0.2, 0.25) is 5.91 Å². The summed E-state index contributed by atoms with van der Waals surface area (Å²) >= 11 is 0. The maximum Gasteiger partial charge on any atom is 0.328 e.